The molecule has 121 valence electrons. The lowest BCUT2D eigenvalue weighted by Gasteiger charge is -2.03. The molecule has 0 fully saturated rings. The quantitative estimate of drug-likeness (QED) is 0.258. The number of hydrogen-bond donors (Lipinski definition) is 0. The topological polar surface area (TPSA) is 23.8 Å². The molecule has 0 saturated heterocycles. The number of hydrogen-bond acceptors (Lipinski definition) is 0. The first-order valence-corrected chi connectivity index (χ1v) is 9.56. The van der Waals surface area contributed by atoms with Crippen molar-refractivity contribution in [1.29, 1.82) is 0 Å². The zero-order chi connectivity index (χ0) is 14.7. The van der Waals surface area contributed by atoms with Crippen LogP contribution >= 0.6 is 0 Å². The molecule has 0 aliphatic heterocycles. The third-order valence-electron chi connectivity index (χ3n) is 4.28. The van der Waals surface area contributed by atoms with Crippen LogP contribution in [0.1, 0.15) is 116 Å². The third-order valence-corrected chi connectivity index (χ3v) is 4.28. The summed E-state index contributed by atoms with van der Waals surface area (Å²) in [4.78, 5) is 0. The van der Waals surface area contributed by atoms with E-state index >= 15 is 0 Å². The summed E-state index contributed by atoms with van der Waals surface area (Å²) in [5.41, 5.74) is 7.09. The Bertz CT molecular complexity index is 138. The van der Waals surface area contributed by atoms with E-state index in [4.69, 9.17) is 5.73 Å². The fourth-order valence-corrected chi connectivity index (χ4v) is 2.85. The summed E-state index contributed by atoms with van der Waals surface area (Å²) >= 11 is 0. The average molecular weight is 283 g/mol. The molecule has 0 unspecified atom stereocenters. The zero-order valence-corrected chi connectivity index (χ0v) is 14.2. The summed E-state index contributed by atoms with van der Waals surface area (Å²) in [6, 6.07) is 0. The molecule has 20 heavy (non-hydrogen) atoms. The van der Waals surface area contributed by atoms with E-state index in [1.54, 1.807) is 0 Å². The smallest absolute Gasteiger partial charge is 0.00997 e. The van der Waals surface area contributed by atoms with E-state index in [1.165, 1.54) is 103 Å². The van der Waals surface area contributed by atoms with Gasteiger partial charge in [-0.2, -0.15) is 0 Å². The first kappa shape index (κ1) is 20.0. The van der Waals surface area contributed by atoms with E-state index in [2.05, 4.69) is 6.92 Å². The highest BCUT2D eigenvalue weighted by Gasteiger charge is 1.94. The van der Waals surface area contributed by atoms with E-state index in [9.17, 15) is 0 Å². The van der Waals surface area contributed by atoms with Crippen LogP contribution in [0.15, 0.2) is 0 Å². The van der Waals surface area contributed by atoms with Crippen LogP contribution in [0.25, 0.3) is 0 Å². The van der Waals surface area contributed by atoms with Crippen molar-refractivity contribution in [3.05, 3.63) is 0 Å². The lowest BCUT2D eigenvalue weighted by Crippen LogP contribution is -1.86. The van der Waals surface area contributed by atoms with Gasteiger partial charge >= 0.3 is 0 Å². The molecule has 1 radical (unpaired) electrons. The molecule has 1 heteroatoms. The maximum atomic E-state index is 7.09. The Labute approximate surface area is 129 Å². The van der Waals surface area contributed by atoms with E-state index < -0.39 is 0 Å². The van der Waals surface area contributed by atoms with Crippen molar-refractivity contribution in [3.63, 3.8) is 0 Å². The van der Waals surface area contributed by atoms with Crippen molar-refractivity contribution in [1.82, 2.24) is 5.73 Å². The maximum absolute atomic E-state index is 7.09. The third kappa shape index (κ3) is 18.0. The van der Waals surface area contributed by atoms with Crippen LogP contribution in [0.3, 0.4) is 0 Å². The van der Waals surface area contributed by atoms with Crippen LogP contribution in [0.5, 0.6) is 0 Å². The van der Waals surface area contributed by atoms with Crippen molar-refractivity contribution in [2.45, 2.75) is 116 Å². The Morgan fingerprint density at radius 2 is 0.650 bits per heavy atom. The predicted octanol–water partition coefficient (Wildman–Crippen LogP) is 6.92. The summed E-state index contributed by atoms with van der Waals surface area (Å²) in [5, 5.41) is 0. The summed E-state index contributed by atoms with van der Waals surface area (Å²) < 4.78 is 0. The van der Waals surface area contributed by atoms with Gasteiger partial charge in [0.1, 0.15) is 0 Å². The highest BCUT2D eigenvalue weighted by Crippen LogP contribution is 2.13. The zero-order valence-electron chi connectivity index (χ0n) is 14.2. The SMILES string of the molecule is CCCCCCCCCCCCCCCCCCC[NH]. The maximum Gasteiger partial charge on any atom is 0.00997 e. The highest BCUT2D eigenvalue weighted by atomic mass is 14.5. The summed E-state index contributed by atoms with van der Waals surface area (Å²) in [6.07, 6.45) is 24.0. The standard InChI is InChI=1S/C19H40N/c1-2-3-4-5-6-7-8-9-10-11-12-13-14-15-16-17-18-19-20/h20H,2-19H2,1H3. The average Bonchev–Trinajstić information content (AvgIpc) is 2.47. The molecule has 0 saturated carbocycles. The highest BCUT2D eigenvalue weighted by molar-refractivity contribution is 4.50. The molecule has 1 N–H and O–H groups in total. The van der Waals surface area contributed by atoms with Crippen molar-refractivity contribution in [2.24, 2.45) is 0 Å². The van der Waals surface area contributed by atoms with Gasteiger partial charge in [0.05, 0.1) is 0 Å². The van der Waals surface area contributed by atoms with Gasteiger partial charge in [-0.1, -0.05) is 110 Å². The predicted molar refractivity (Wildman–Crippen MR) is 92.1 cm³/mol. The van der Waals surface area contributed by atoms with Gasteiger partial charge in [0.25, 0.3) is 0 Å². The Hall–Kier alpha value is -0.0400. The number of unbranched alkanes of at least 4 members (excludes halogenated alkanes) is 16. The minimum Gasteiger partial charge on any atom is -0.258 e. The van der Waals surface area contributed by atoms with Gasteiger partial charge in [-0.3, -0.25) is 5.73 Å². The van der Waals surface area contributed by atoms with Crippen LogP contribution in [-0.4, -0.2) is 6.54 Å². The first-order valence-electron chi connectivity index (χ1n) is 9.56. The molecule has 0 amide bonds. The van der Waals surface area contributed by atoms with Crippen LogP contribution in [0.2, 0.25) is 0 Å². The molecule has 0 aliphatic rings. The summed E-state index contributed by atoms with van der Waals surface area (Å²) in [7, 11) is 0. The number of rotatable bonds is 17. The van der Waals surface area contributed by atoms with Gasteiger partial charge in [-0.15, -0.1) is 0 Å². The Morgan fingerprint density at radius 3 is 0.900 bits per heavy atom. The van der Waals surface area contributed by atoms with Crippen LogP contribution in [0, 0.1) is 0 Å². The molecule has 0 atom stereocenters. The van der Waals surface area contributed by atoms with Crippen molar-refractivity contribution in [2.75, 3.05) is 6.54 Å². The van der Waals surface area contributed by atoms with E-state index in [0.717, 1.165) is 6.42 Å². The van der Waals surface area contributed by atoms with Crippen LogP contribution in [0.4, 0.5) is 0 Å². The molecule has 0 spiro atoms. The molecule has 0 aromatic carbocycles. The molecular weight excluding hydrogens is 242 g/mol. The molecule has 0 aromatic heterocycles. The van der Waals surface area contributed by atoms with Gasteiger partial charge in [-0.25, -0.2) is 0 Å². The fraction of sp³-hybridized carbons (Fsp3) is 1.00. The largest absolute Gasteiger partial charge is 0.258 e. The lowest BCUT2D eigenvalue weighted by molar-refractivity contribution is 0.527. The van der Waals surface area contributed by atoms with E-state index in [1.807, 2.05) is 0 Å². The van der Waals surface area contributed by atoms with Gasteiger partial charge in [-0.05, 0) is 6.42 Å². The second-order valence-electron chi connectivity index (χ2n) is 6.41. The van der Waals surface area contributed by atoms with E-state index in [-0.39, 0.29) is 0 Å². The Balaban J connectivity index is 2.89. The monoisotopic (exact) mass is 282 g/mol. The molecule has 0 rings (SSSR count). The Kier molecular flexibility index (Phi) is 18.9. The fourth-order valence-electron chi connectivity index (χ4n) is 2.85. The lowest BCUT2D eigenvalue weighted by atomic mass is 10.0. The van der Waals surface area contributed by atoms with Gasteiger partial charge in [0, 0.05) is 6.54 Å². The molecule has 0 aliphatic carbocycles. The second-order valence-corrected chi connectivity index (χ2v) is 6.41. The first-order chi connectivity index (χ1) is 9.91. The van der Waals surface area contributed by atoms with Gasteiger partial charge < -0.3 is 0 Å². The minimum atomic E-state index is 0.624. The minimum absolute atomic E-state index is 0.624. The van der Waals surface area contributed by atoms with Crippen molar-refractivity contribution in [3.8, 4) is 0 Å². The van der Waals surface area contributed by atoms with Crippen molar-refractivity contribution < 1.29 is 0 Å². The molecule has 0 bridgehead atoms. The Morgan fingerprint density at radius 1 is 0.400 bits per heavy atom. The molecule has 0 heterocycles. The molecule has 1 nitrogen and oxygen atoms in total. The molecular formula is C19H40N. The van der Waals surface area contributed by atoms with E-state index in [0.29, 0.717) is 6.54 Å². The second kappa shape index (κ2) is 19.0. The summed E-state index contributed by atoms with van der Waals surface area (Å²) in [5.74, 6) is 0. The van der Waals surface area contributed by atoms with Gasteiger partial charge in [0.15, 0.2) is 0 Å². The number of nitrogens with one attached hydrogen (secondary N) is 1. The normalized spacial score (nSPS) is 11.1. The summed E-state index contributed by atoms with van der Waals surface area (Å²) in [6.45, 7) is 2.91. The van der Waals surface area contributed by atoms with Crippen LogP contribution in [-0.2, 0) is 0 Å². The van der Waals surface area contributed by atoms with Crippen LogP contribution < -0.4 is 5.73 Å². The molecule has 0 aromatic rings. The van der Waals surface area contributed by atoms with Crippen molar-refractivity contribution >= 4 is 0 Å². The van der Waals surface area contributed by atoms with Gasteiger partial charge in [0.2, 0.25) is 0 Å².